The number of nitrogens with one attached hydrogen (secondary N) is 5. The maximum atomic E-state index is 12.3. The number of hydrogen-bond donors (Lipinski definition) is 11. The highest BCUT2D eigenvalue weighted by molar-refractivity contribution is 5.84. The maximum Gasteiger partial charge on any atom is 0.471 e. The van der Waals surface area contributed by atoms with Gasteiger partial charge in [-0.1, -0.05) is 224 Å². The van der Waals surface area contributed by atoms with Gasteiger partial charge in [-0.3, -0.25) is 24.0 Å². The molecule has 12 rings (SSSR count). The van der Waals surface area contributed by atoms with Gasteiger partial charge in [-0.2, -0.15) is 52.7 Å². The molecule has 1 heterocycles. The number of azide groups is 4. The van der Waals surface area contributed by atoms with Crippen molar-refractivity contribution in [3.8, 4) is 5.75 Å². The SMILES string of the molecule is C1=CC2OC2CCCC1.C1=CCCCCC=C1.CC(=O)OC1CCCC/C=C\C1N=[N+]=[N-].NC1/C=C/CCCCC1N.NC1/C=C/CCCCC1NC(=O)Oc1ccccc1.NC1/C=C\CCCCC1N.O=C(NC1/C=C/CCCCC1NC(=O)C(F)(F)F)C(F)(F)F.O=C(NC1/C=C\CCCCC1NC(=O)C(F)(F)F)C(F)(F)F.[N-]=[N+]=NC1/C=C\CCCCC1N=[N+]=[N-].[N-]=[N+]=NC1/C=C\CCCCC1O. The Labute approximate surface area is 817 Å². The van der Waals surface area contributed by atoms with E-state index < -0.39 is 84.7 Å². The van der Waals surface area contributed by atoms with E-state index in [0.717, 1.165) is 116 Å². The lowest BCUT2D eigenvalue weighted by molar-refractivity contribution is -0.176. The number of rotatable bonds is 11. The number of nitrogens with two attached hydrogens (primary N) is 5. The highest BCUT2D eigenvalue weighted by Crippen LogP contribution is 2.31. The lowest BCUT2D eigenvalue weighted by Crippen LogP contribution is -2.55. The molecule has 16 N–H and O–H groups in total. The molecule has 1 saturated heterocycles. The van der Waals surface area contributed by atoms with E-state index >= 15 is 0 Å². The van der Waals surface area contributed by atoms with Crippen molar-refractivity contribution < 1.29 is 101 Å². The van der Waals surface area contributed by atoms with Crippen molar-refractivity contribution in [1.82, 2.24) is 26.6 Å². The molecule has 32 nitrogen and oxygen atoms in total. The van der Waals surface area contributed by atoms with Gasteiger partial charge in [0.15, 0.2) is 0 Å². The number of fused-ring (bicyclic) bond motifs is 1. The molecule has 44 heteroatoms. The van der Waals surface area contributed by atoms with Crippen molar-refractivity contribution in [2.45, 2.75) is 397 Å². The van der Waals surface area contributed by atoms with Crippen LogP contribution in [0.1, 0.15) is 264 Å². The van der Waals surface area contributed by atoms with Crippen LogP contribution in [0.25, 0.3) is 41.8 Å². The average Bonchev–Trinajstić information content (AvgIpc) is 1.68. The van der Waals surface area contributed by atoms with E-state index in [1.807, 2.05) is 66.8 Å². The van der Waals surface area contributed by atoms with Gasteiger partial charge in [-0.25, -0.2) is 4.79 Å². The van der Waals surface area contributed by atoms with Crippen LogP contribution in [0.2, 0.25) is 0 Å². The number of benzene rings is 1. The Balaban J connectivity index is 0.000000409. The van der Waals surface area contributed by atoms with E-state index in [2.05, 4.69) is 100 Å². The summed E-state index contributed by atoms with van der Waals surface area (Å²) in [5.41, 5.74) is 62.4. The molecule has 0 radical (unpaired) electrons. The zero-order valence-corrected chi connectivity index (χ0v) is 80.2. The van der Waals surface area contributed by atoms with E-state index in [-0.39, 0.29) is 85.3 Å². The number of hydrogen-bond acceptors (Lipinski definition) is 19. The van der Waals surface area contributed by atoms with E-state index in [1.165, 1.54) is 121 Å². The summed E-state index contributed by atoms with van der Waals surface area (Å²) in [6, 6.07) is 2.80. The minimum atomic E-state index is -5.16. The lowest BCUT2D eigenvalue weighted by Gasteiger charge is -2.28. The Morgan fingerprint density at radius 1 is 0.369 bits per heavy atom. The summed E-state index contributed by atoms with van der Waals surface area (Å²) >= 11 is 0. The quantitative estimate of drug-likeness (QED) is 0.0186. The molecule has 1 fully saturated rings. The van der Waals surface area contributed by atoms with Gasteiger partial charge in [-0.05, 0) is 240 Å². The number of ether oxygens (including phenoxy) is 3. The summed E-state index contributed by atoms with van der Waals surface area (Å²) in [5, 5.41) is 33.2. The highest BCUT2D eigenvalue weighted by Gasteiger charge is 2.46. The zero-order chi connectivity index (χ0) is 104. The van der Waals surface area contributed by atoms with E-state index in [4.69, 9.17) is 65.0 Å². The normalized spacial score (nSPS) is 28.9. The number of para-hydroxylation sites is 1. The highest BCUT2D eigenvalue weighted by atomic mass is 19.4. The second-order valence-electron chi connectivity index (χ2n) is 34.9. The first-order valence-corrected chi connectivity index (χ1v) is 48.6. The monoisotopic (exact) mass is 2010 g/mol. The number of epoxide rings is 1. The summed E-state index contributed by atoms with van der Waals surface area (Å²) in [7, 11) is 0. The molecule has 1 aliphatic heterocycles. The third-order valence-electron chi connectivity index (χ3n) is 23.3. The van der Waals surface area contributed by atoms with Crippen LogP contribution in [0, 0.1) is 0 Å². The molecular weight excluding hydrogens is 1860 g/mol. The van der Waals surface area contributed by atoms with E-state index in [0.29, 0.717) is 56.5 Å². The number of carbonyl (C=O) groups excluding carboxylic acids is 6. The van der Waals surface area contributed by atoms with Crippen molar-refractivity contribution >= 4 is 35.7 Å². The van der Waals surface area contributed by atoms with Crippen LogP contribution >= 0.6 is 0 Å². The Hall–Kier alpha value is -10.9. The minimum Gasteiger partial charge on any atom is -0.462 e. The van der Waals surface area contributed by atoms with Crippen LogP contribution in [0.4, 0.5) is 57.5 Å². The summed E-state index contributed by atoms with van der Waals surface area (Å²) in [4.78, 5) is 77.5. The molecule has 1 aromatic carbocycles. The predicted octanol–water partition coefficient (Wildman–Crippen LogP) is 21.5. The molecular formula is C97H144F12N22O10. The third kappa shape index (κ3) is 58.9. The van der Waals surface area contributed by atoms with Crippen LogP contribution in [0.5, 0.6) is 5.75 Å². The molecule has 1 aromatic rings. The Morgan fingerprint density at radius 3 is 1.13 bits per heavy atom. The van der Waals surface area contributed by atoms with Gasteiger partial charge in [0.05, 0.1) is 60.5 Å². The molecule has 0 spiro atoms. The third-order valence-corrected chi connectivity index (χ3v) is 23.3. The average molecular weight is 2010 g/mol. The topological polar surface area (TPSA) is 539 Å². The molecule has 5 amide bonds. The molecule has 0 saturated carbocycles. The van der Waals surface area contributed by atoms with E-state index in [1.54, 1.807) is 39.5 Å². The van der Waals surface area contributed by atoms with Gasteiger partial charge in [-0.15, -0.1) is 0 Å². The fourth-order valence-corrected chi connectivity index (χ4v) is 15.3. The molecule has 0 aromatic heterocycles. The van der Waals surface area contributed by atoms with Gasteiger partial charge < -0.3 is 74.6 Å². The van der Waals surface area contributed by atoms with Gasteiger partial charge in [0.1, 0.15) is 18.0 Å². The second kappa shape index (κ2) is 72.4. The zero-order valence-electron chi connectivity index (χ0n) is 80.2. The first kappa shape index (κ1) is 124. The summed E-state index contributed by atoms with van der Waals surface area (Å²) in [5.74, 6) is -8.83. The number of esters is 1. The number of aliphatic hydroxyl groups excluding tert-OH is 1. The van der Waals surface area contributed by atoms with Crippen molar-refractivity contribution in [3.05, 3.63) is 206 Å². The smallest absolute Gasteiger partial charge is 0.462 e. The lowest BCUT2D eigenvalue weighted by atomic mass is 9.96. The van der Waals surface area contributed by atoms with Crippen molar-refractivity contribution in [3.63, 3.8) is 0 Å². The van der Waals surface area contributed by atoms with Gasteiger partial charge in [0.2, 0.25) is 0 Å². The van der Waals surface area contributed by atoms with Gasteiger partial charge in [0.25, 0.3) is 0 Å². The van der Waals surface area contributed by atoms with Crippen molar-refractivity contribution in [2.75, 3.05) is 0 Å². The fourth-order valence-electron chi connectivity index (χ4n) is 15.3. The molecule has 18 unspecified atom stereocenters. The molecule has 18 atom stereocenters. The molecule has 11 aliphatic rings. The van der Waals surface area contributed by atoms with E-state index in [9.17, 15) is 86.6 Å². The number of alkyl halides is 12. The second-order valence-corrected chi connectivity index (χ2v) is 34.9. The van der Waals surface area contributed by atoms with Crippen LogP contribution in [0.15, 0.2) is 184 Å². The van der Waals surface area contributed by atoms with Crippen molar-refractivity contribution in [1.29, 1.82) is 0 Å². The van der Waals surface area contributed by atoms with Crippen LogP contribution in [0.3, 0.4) is 0 Å². The van der Waals surface area contributed by atoms with Crippen molar-refractivity contribution in [2.24, 2.45) is 49.1 Å². The van der Waals surface area contributed by atoms with Gasteiger partial charge in [0, 0.05) is 62.8 Å². The number of halogens is 12. The summed E-state index contributed by atoms with van der Waals surface area (Å²) in [6.45, 7) is 1.37. The minimum absolute atomic E-state index is 0.0228. The number of aliphatic hydroxyl groups is 1. The largest absolute Gasteiger partial charge is 0.471 e. The first-order chi connectivity index (χ1) is 67.3. The molecule has 141 heavy (non-hydrogen) atoms. The number of allylic oxidation sites excluding steroid dienone is 13. The summed E-state index contributed by atoms with van der Waals surface area (Å²) in [6.07, 6.45) is 60.3. The fraction of sp³-hybridized carbons (Fsp3) is 0.649. The standard InChI is InChI=1S/C15H20N2O2.2C12H14F6N2O2.C10H15N3O2.C8H12N6.C8H13N3O.2C8H16N2.C8H12O.C8H12/c16-13-10-6-1-2-7-11-14(13)17-15(18)19-12-8-4-3-5-9-12;2*13-11(14,15)9(21)19-7-5-3-1-2-4-6-8(7)20-10(22)12(16,17)18;1-8(14)15-10-7-5-3-2-4-6-9(10)12-13-11;9-13-11-7-5-3-1-2-4-6-8(7)12-14-10;9-11-10-7-5-3-1-2-4-6-8(7)12;2*9-7-5-3-1-2-4-6-8(7)10;1-2-4-6-8-7(9-8)5-3-1;1-2-4-6-8-7-5-3-1/h3-6,8-10,13-14H,1-2,7,11,16H2,(H,17,18);2*3,5,7-8H,1-2,4,6H2,(H,19,21)(H,20,22);4,6,9-10H,2-3,5,7H2,1H3;3,5,7-8H,1-2,4,6H2;3,5,7-8,12H,1-2,4,6H2;2*3,5,7-8H,1-2,4,6,9-10H2;3,5,7-8H,1-2,4,6H2;1-4H,5-8H2/b10-6+;5-3+;5-3-;6-4-;2*5-3-;5-3+;5-3-;;. The van der Waals surface area contributed by atoms with Gasteiger partial charge >= 0.3 is 60.4 Å². The maximum absolute atomic E-state index is 12.3. The number of amides is 5. The Morgan fingerprint density at radius 2 is 0.702 bits per heavy atom. The molecule has 0 bridgehead atoms. The van der Waals surface area contributed by atoms with Crippen LogP contribution < -0.4 is 60.0 Å². The summed E-state index contributed by atoms with van der Waals surface area (Å²) < 4.78 is 163. The predicted molar refractivity (Wildman–Crippen MR) is 518 cm³/mol. The molecule has 10 aliphatic carbocycles. The van der Waals surface area contributed by atoms with Crippen LogP contribution in [-0.4, -0.2) is 175 Å². The number of nitrogens with zero attached hydrogens (tertiary/aromatic N) is 12. The van der Waals surface area contributed by atoms with Crippen LogP contribution in [-0.2, 0) is 33.4 Å². The Bertz CT molecular complexity index is 4210. The Kier molecular flexibility index (Phi) is 63.8. The molecule has 786 valence electrons. The number of carbonyl (C=O) groups is 6. The first-order valence-electron chi connectivity index (χ1n) is 48.6.